The summed E-state index contributed by atoms with van der Waals surface area (Å²) in [7, 11) is 1.60. The standard InChI is InChI=1S/C25H29N3O4S/c1-5-7-19-26-27-25(33-19)28-21(15-8-6-9-16(12-15)31-4)20-22(29)17-10-13(2)14(3)11-18(17)32-23(20)24(28)30/h6,8-9,12-14,17-18,21H,5,7,10-11H2,1-4H3. The average molecular weight is 468 g/mol. The zero-order chi connectivity index (χ0) is 23.3. The summed E-state index contributed by atoms with van der Waals surface area (Å²) in [5.41, 5.74) is 1.25. The van der Waals surface area contributed by atoms with Crippen LogP contribution in [0.25, 0.3) is 0 Å². The van der Waals surface area contributed by atoms with E-state index >= 15 is 0 Å². The van der Waals surface area contributed by atoms with E-state index in [1.165, 1.54) is 11.3 Å². The molecule has 3 heterocycles. The molecule has 1 amide bonds. The topological polar surface area (TPSA) is 81.6 Å². The molecule has 33 heavy (non-hydrogen) atoms. The number of ether oxygens (including phenoxy) is 2. The molecule has 1 saturated carbocycles. The van der Waals surface area contributed by atoms with Crippen LogP contribution in [0.2, 0.25) is 0 Å². The Hall–Kier alpha value is -2.74. The van der Waals surface area contributed by atoms with Crippen molar-refractivity contribution in [3.05, 3.63) is 46.2 Å². The molecular weight excluding hydrogens is 438 g/mol. The maximum absolute atomic E-state index is 13.9. The van der Waals surface area contributed by atoms with Crippen molar-refractivity contribution in [3.63, 3.8) is 0 Å². The van der Waals surface area contributed by atoms with Gasteiger partial charge in [0.05, 0.1) is 24.6 Å². The van der Waals surface area contributed by atoms with Crippen molar-refractivity contribution in [3.8, 4) is 5.75 Å². The number of amides is 1. The summed E-state index contributed by atoms with van der Waals surface area (Å²) >= 11 is 1.40. The van der Waals surface area contributed by atoms with Crippen LogP contribution >= 0.6 is 11.3 Å². The van der Waals surface area contributed by atoms with Crippen molar-refractivity contribution in [2.75, 3.05) is 12.0 Å². The van der Waals surface area contributed by atoms with Crippen molar-refractivity contribution < 1.29 is 19.1 Å². The first-order valence-electron chi connectivity index (χ1n) is 11.7. The fourth-order valence-electron chi connectivity index (χ4n) is 5.24. The minimum Gasteiger partial charge on any atom is -0.497 e. The molecule has 3 aliphatic rings. The van der Waals surface area contributed by atoms with Crippen LogP contribution in [0.1, 0.15) is 56.6 Å². The molecule has 5 rings (SSSR count). The summed E-state index contributed by atoms with van der Waals surface area (Å²) in [4.78, 5) is 29.2. The van der Waals surface area contributed by atoms with E-state index in [0.29, 0.717) is 28.3 Å². The van der Waals surface area contributed by atoms with E-state index in [-0.39, 0.29) is 29.5 Å². The number of carbonyl (C=O) groups excluding carboxylic acids is 2. The third kappa shape index (κ3) is 3.64. The highest BCUT2D eigenvalue weighted by Crippen LogP contribution is 2.50. The van der Waals surface area contributed by atoms with Crippen LogP contribution in [0.3, 0.4) is 0 Å². The molecule has 0 saturated heterocycles. The fourth-order valence-corrected chi connectivity index (χ4v) is 6.21. The molecule has 5 atom stereocenters. The molecule has 7 nitrogen and oxygen atoms in total. The van der Waals surface area contributed by atoms with Crippen molar-refractivity contribution in [1.29, 1.82) is 0 Å². The van der Waals surface area contributed by atoms with Gasteiger partial charge in [0, 0.05) is 6.42 Å². The number of ketones is 1. The van der Waals surface area contributed by atoms with Gasteiger partial charge in [-0.3, -0.25) is 14.5 Å². The van der Waals surface area contributed by atoms with Gasteiger partial charge in [0.15, 0.2) is 11.5 Å². The minimum atomic E-state index is -0.604. The van der Waals surface area contributed by atoms with Crippen LogP contribution in [0.15, 0.2) is 35.6 Å². The Morgan fingerprint density at radius 2 is 1.97 bits per heavy atom. The lowest BCUT2D eigenvalue weighted by Crippen LogP contribution is -2.43. The molecule has 0 N–H and O–H groups in total. The first-order valence-corrected chi connectivity index (χ1v) is 12.5. The molecule has 1 aromatic carbocycles. The number of aromatic nitrogens is 2. The highest BCUT2D eigenvalue weighted by atomic mass is 32.1. The van der Waals surface area contributed by atoms with E-state index in [9.17, 15) is 9.59 Å². The lowest BCUT2D eigenvalue weighted by atomic mass is 9.70. The zero-order valence-electron chi connectivity index (χ0n) is 19.4. The number of hydrogen-bond donors (Lipinski definition) is 0. The number of hydrogen-bond acceptors (Lipinski definition) is 7. The van der Waals surface area contributed by atoms with Gasteiger partial charge in [0.25, 0.3) is 5.91 Å². The molecule has 1 aliphatic carbocycles. The van der Waals surface area contributed by atoms with Gasteiger partial charge in [-0.15, -0.1) is 10.2 Å². The predicted molar refractivity (Wildman–Crippen MR) is 125 cm³/mol. The van der Waals surface area contributed by atoms with E-state index < -0.39 is 6.04 Å². The highest BCUT2D eigenvalue weighted by Gasteiger charge is 2.54. The number of nitrogens with zero attached hydrogens (tertiary/aromatic N) is 3. The Bertz CT molecular complexity index is 1130. The Morgan fingerprint density at radius 3 is 2.73 bits per heavy atom. The zero-order valence-corrected chi connectivity index (χ0v) is 20.2. The largest absolute Gasteiger partial charge is 0.497 e. The second kappa shape index (κ2) is 8.56. The number of rotatable bonds is 5. The molecule has 0 radical (unpaired) electrons. The lowest BCUT2D eigenvalue weighted by Gasteiger charge is -2.40. The first-order chi connectivity index (χ1) is 15.9. The van der Waals surface area contributed by atoms with Crippen LogP contribution in [0.5, 0.6) is 5.75 Å². The first kappa shape index (κ1) is 22.1. The summed E-state index contributed by atoms with van der Waals surface area (Å²) in [5.74, 6) is 1.23. The number of methoxy groups -OCH3 is 1. The third-order valence-electron chi connectivity index (χ3n) is 7.25. The van der Waals surface area contributed by atoms with Gasteiger partial charge < -0.3 is 9.47 Å². The molecule has 8 heteroatoms. The molecule has 5 unspecified atom stereocenters. The fraction of sp³-hybridized carbons (Fsp3) is 0.520. The van der Waals surface area contributed by atoms with Gasteiger partial charge in [-0.2, -0.15) is 0 Å². The van der Waals surface area contributed by atoms with E-state index in [0.717, 1.165) is 36.3 Å². The van der Waals surface area contributed by atoms with Gasteiger partial charge in [-0.25, -0.2) is 0 Å². The number of fused-ring (bicyclic) bond motifs is 1. The Morgan fingerprint density at radius 1 is 1.18 bits per heavy atom. The van der Waals surface area contributed by atoms with Crippen LogP contribution in [0, 0.1) is 17.8 Å². The highest BCUT2D eigenvalue weighted by molar-refractivity contribution is 7.15. The number of aryl methyl sites for hydroxylation is 1. The van der Waals surface area contributed by atoms with E-state index in [2.05, 4.69) is 31.0 Å². The monoisotopic (exact) mass is 467 g/mol. The van der Waals surface area contributed by atoms with E-state index in [1.54, 1.807) is 12.0 Å². The summed E-state index contributed by atoms with van der Waals surface area (Å²) in [5, 5.41) is 9.98. The summed E-state index contributed by atoms with van der Waals surface area (Å²) in [6.45, 7) is 6.47. The van der Waals surface area contributed by atoms with Crippen molar-refractivity contribution in [2.24, 2.45) is 17.8 Å². The quantitative estimate of drug-likeness (QED) is 0.644. The summed E-state index contributed by atoms with van der Waals surface area (Å²) in [6.07, 6.45) is 3.05. The number of Topliss-reactive ketones (excluding diaryl/α,β-unsaturated/α-hetero) is 1. The summed E-state index contributed by atoms with van der Waals surface area (Å²) < 4.78 is 11.8. The maximum Gasteiger partial charge on any atom is 0.296 e. The van der Waals surface area contributed by atoms with Gasteiger partial charge in [0.2, 0.25) is 5.13 Å². The predicted octanol–water partition coefficient (Wildman–Crippen LogP) is 4.49. The lowest BCUT2D eigenvalue weighted by molar-refractivity contribution is -0.134. The molecule has 1 aromatic heterocycles. The Labute approximate surface area is 197 Å². The van der Waals surface area contributed by atoms with Crippen LogP contribution < -0.4 is 9.64 Å². The van der Waals surface area contributed by atoms with E-state index in [4.69, 9.17) is 9.47 Å². The second-order valence-electron chi connectivity index (χ2n) is 9.38. The number of anilines is 1. The molecule has 0 bridgehead atoms. The Balaban J connectivity index is 1.61. The normalized spacial score (nSPS) is 29.1. The van der Waals surface area contributed by atoms with Crippen molar-refractivity contribution in [2.45, 2.75) is 58.6 Å². The Kier molecular flexibility index (Phi) is 5.72. The molecular formula is C25H29N3O4S. The SMILES string of the molecule is CCCc1nnc(N2C(=O)C3=C(C(=O)C4CC(C)C(C)CC4O3)C2c2cccc(OC)c2)s1. The minimum absolute atomic E-state index is 0.0296. The van der Waals surface area contributed by atoms with Gasteiger partial charge in [0.1, 0.15) is 16.9 Å². The third-order valence-corrected chi connectivity index (χ3v) is 8.23. The van der Waals surface area contributed by atoms with E-state index in [1.807, 2.05) is 24.3 Å². The van der Waals surface area contributed by atoms with Crippen molar-refractivity contribution in [1.82, 2.24) is 10.2 Å². The van der Waals surface area contributed by atoms with Crippen LogP contribution in [-0.4, -0.2) is 35.1 Å². The van der Waals surface area contributed by atoms with Crippen LogP contribution in [0.4, 0.5) is 5.13 Å². The molecule has 2 aromatic rings. The number of carbonyl (C=O) groups is 2. The van der Waals surface area contributed by atoms with Gasteiger partial charge in [-0.1, -0.05) is 44.2 Å². The van der Waals surface area contributed by atoms with Crippen molar-refractivity contribution >= 4 is 28.2 Å². The smallest absolute Gasteiger partial charge is 0.296 e. The maximum atomic E-state index is 13.9. The molecule has 2 aliphatic heterocycles. The van der Waals surface area contributed by atoms with Gasteiger partial charge >= 0.3 is 0 Å². The summed E-state index contributed by atoms with van der Waals surface area (Å²) in [6, 6.07) is 6.92. The van der Waals surface area contributed by atoms with Gasteiger partial charge in [-0.05, 0) is 48.8 Å². The van der Waals surface area contributed by atoms with Crippen LogP contribution in [-0.2, 0) is 20.7 Å². The molecule has 174 valence electrons. The average Bonchev–Trinajstić information content (AvgIpc) is 3.38. The molecule has 1 fully saturated rings. The number of benzene rings is 1. The molecule has 0 spiro atoms. The second-order valence-corrected chi connectivity index (χ2v) is 10.4.